The van der Waals surface area contributed by atoms with E-state index < -0.39 is 10.0 Å². The van der Waals surface area contributed by atoms with Gasteiger partial charge in [0.15, 0.2) is 5.76 Å². The normalized spacial score (nSPS) is 13.7. The highest BCUT2D eigenvalue weighted by molar-refractivity contribution is 7.89. The second kappa shape index (κ2) is 6.23. The zero-order valence-electron chi connectivity index (χ0n) is 13.5. The third kappa shape index (κ3) is 3.23. The van der Waals surface area contributed by atoms with E-state index in [0.717, 1.165) is 5.69 Å². The summed E-state index contributed by atoms with van der Waals surface area (Å²) in [5, 5.41) is 3.70. The Morgan fingerprint density at radius 3 is 2.55 bits per heavy atom. The van der Waals surface area contributed by atoms with Crippen molar-refractivity contribution in [2.24, 2.45) is 7.05 Å². The van der Waals surface area contributed by atoms with Crippen LogP contribution in [0.2, 0.25) is 0 Å². The third-order valence-corrected chi connectivity index (χ3v) is 5.32. The lowest BCUT2D eigenvalue weighted by Gasteiger charge is -2.25. The predicted molar refractivity (Wildman–Crippen MR) is 83.0 cm³/mol. The van der Waals surface area contributed by atoms with E-state index in [0.29, 0.717) is 11.5 Å². The van der Waals surface area contributed by atoms with Crippen LogP contribution in [0.4, 0.5) is 0 Å². The minimum Gasteiger partial charge on any atom is -0.360 e. The molecule has 0 unspecified atom stereocenters. The first-order chi connectivity index (χ1) is 10.2. The van der Waals surface area contributed by atoms with E-state index in [1.54, 1.807) is 13.8 Å². The third-order valence-electron chi connectivity index (χ3n) is 3.65. The van der Waals surface area contributed by atoms with Crippen LogP contribution in [0.5, 0.6) is 0 Å². The van der Waals surface area contributed by atoms with Crippen LogP contribution < -0.4 is 4.72 Å². The van der Waals surface area contributed by atoms with Crippen molar-refractivity contribution in [3.8, 4) is 0 Å². The van der Waals surface area contributed by atoms with Gasteiger partial charge in [0, 0.05) is 25.5 Å². The highest BCUT2D eigenvalue weighted by Gasteiger charge is 2.26. The first-order valence-electron chi connectivity index (χ1n) is 6.94. The summed E-state index contributed by atoms with van der Waals surface area (Å²) in [6.07, 6.45) is 1.94. The smallest absolute Gasteiger partial charge is 0.246 e. The second-order valence-electron chi connectivity index (χ2n) is 5.53. The molecule has 0 amide bonds. The van der Waals surface area contributed by atoms with E-state index in [1.165, 1.54) is 0 Å². The van der Waals surface area contributed by atoms with Gasteiger partial charge in [0.05, 0.1) is 6.04 Å². The molecule has 0 saturated heterocycles. The monoisotopic (exact) mass is 326 g/mol. The van der Waals surface area contributed by atoms with E-state index in [2.05, 4.69) is 9.88 Å². The van der Waals surface area contributed by atoms with Crippen LogP contribution in [-0.2, 0) is 17.1 Å². The summed E-state index contributed by atoms with van der Waals surface area (Å²) < 4.78 is 34.5. The summed E-state index contributed by atoms with van der Waals surface area (Å²) in [7, 11) is 2.12. The number of rotatable bonds is 6. The summed E-state index contributed by atoms with van der Waals surface area (Å²) in [4.78, 5) is 2.10. The Balaban J connectivity index is 2.22. The molecule has 0 spiro atoms. The summed E-state index contributed by atoms with van der Waals surface area (Å²) >= 11 is 0. The van der Waals surface area contributed by atoms with Gasteiger partial charge in [0.1, 0.15) is 10.6 Å². The van der Waals surface area contributed by atoms with Gasteiger partial charge in [0.2, 0.25) is 10.0 Å². The van der Waals surface area contributed by atoms with Gasteiger partial charge in [-0.1, -0.05) is 5.16 Å². The first-order valence-corrected chi connectivity index (χ1v) is 8.42. The highest BCUT2D eigenvalue weighted by atomic mass is 32.2. The molecule has 0 aliphatic rings. The molecule has 2 aromatic rings. The molecule has 2 heterocycles. The first kappa shape index (κ1) is 16.7. The van der Waals surface area contributed by atoms with Crippen molar-refractivity contribution >= 4 is 10.0 Å². The summed E-state index contributed by atoms with van der Waals surface area (Å²) in [5.74, 6) is 0.297. The lowest BCUT2D eigenvalue weighted by atomic mass is 10.2. The van der Waals surface area contributed by atoms with Gasteiger partial charge in [-0.2, -0.15) is 0 Å². The van der Waals surface area contributed by atoms with Crippen LogP contribution in [0.25, 0.3) is 0 Å². The fraction of sp³-hybridized carbons (Fsp3) is 0.500. The number of aryl methyl sites for hydroxylation is 3. The fourth-order valence-electron chi connectivity index (χ4n) is 2.49. The maximum Gasteiger partial charge on any atom is 0.246 e. The predicted octanol–water partition coefficient (Wildman–Crippen LogP) is 1.21. The van der Waals surface area contributed by atoms with E-state index in [-0.39, 0.29) is 17.5 Å². The minimum absolute atomic E-state index is 0.0738. The highest BCUT2D eigenvalue weighted by Crippen LogP contribution is 2.21. The van der Waals surface area contributed by atoms with Crippen molar-refractivity contribution in [2.75, 3.05) is 20.6 Å². The average Bonchev–Trinajstić information content (AvgIpc) is 2.96. The van der Waals surface area contributed by atoms with Gasteiger partial charge in [-0.3, -0.25) is 4.90 Å². The molecular weight excluding hydrogens is 304 g/mol. The molecule has 0 aromatic carbocycles. The van der Waals surface area contributed by atoms with Crippen molar-refractivity contribution in [1.82, 2.24) is 19.3 Å². The summed E-state index contributed by atoms with van der Waals surface area (Å²) in [6, 6.07) is 3.85. The van der Waals surface area contributed by atoms with Crippen molar-refractivity contribution in [2.45, 2.75) is 24.8 Å². The van der Waals surface area contributed by atoms with Crippen LogP contribution in [0.15, 0.2) is 27.7 Å². The zero-order chi connectivity index (χ0) is 16.5. The molecule has 0 radical (unpaired) electrons. The number of nitrogens with one attached hydrogen (secondary N) is 1. The fourth-order valence-corrected chi connectivity index (χ4v) is 3.85. The molecule has 122 valence electrons. The van der Waals surface area contributed by atoms with Crippen molar-refractivity contribution in [1.29, 1.82) is 0 Å². The molecule has 0 fully saturated rings. The molecule has 8 heteroatoms. The van der Waals surface area contributed by atoms with Gasteiger partial charge in [-0.15, -0.1) is 0 Å². The zero-order valence-corrected chi connectivity index (χ0v) is 14.3. The molecule has 22 heavy (non-hydrogen) atoms. The lowest BCUT2D eigenvalue weighted by molar-refractivity contribution is 0.289. The molecular formula is C14H22N4O3S. The molecule has 0 bridgehead atoms. The Hall–Kier alpha value is -1.64. The van der Waals surface area contributed by atoms with Crippen molar-refractivity contribution in [3.63, 3.8) is 0 Å². The molecule has 0 saturated carbocycles. The molecule has 0 aliphatic heterocycles. The number of likely N-dealkylation sites (N-methyl/N-ethyl adjacent to an activating group) is 1. The van der Waals surface area contributed by atoms with Crippen molar-refractivity contribution in [3.05, 3.63) is 35.5 Å². The Labute approximate surface area is 130 Å². The lowest BCUT2D eigenvalue weighted by Crippen LogP contribution is -2.35. The summed E-state index contributed by atoms with van der Waals surface area (Å²) in [5.41, 5.74) is 1.40. The van der Waals surface area contributed by atoms with E-state index in [1.807, 2.05) is 48.9 Å². The Kier molecular flexibility index (Phi) is 4.74. The number of aromatic nitrogens is 2. The molecule has 2 rings (SSSR count). The number of hydrogen-bond acceptors (Lipinski definition) is 5. The minimum atomic E-state index is -3.65. The molecule has 7 nitrogen and oxygen atoms in total. The van der Waals surface area contributed by atoms with Crippen LogP contribution in [-0.4, -0.2) is 43.7 Å². The number of nitrogens with zero attached hydrogens (tertiary/aromatic N) is 3. The molecule has 2 aromatic heterocycles. The van der Waals surface area contributed by atoms with Gasteiger partial charge in [-0.05, 0) is 40.1 Å². The largest absolute Gasteiger partial charge is 0.360 e. The Morgan fingerprint density at radius 2 is 2.09 bits per heavy atom. The molecule has 1 atom stereocenters. The van der Waals surface area contributed by atoms with Gasteiger partial charge in [-0.25, -0.2) is 13.1 Å². The van der Waals surface area contributed by atoms with Gasteiger partial charge >= 0.3 is 0 Å². The maximum absolute atomic E-state index is 12.5. The maximum atomic E-state index is 12.5. The van der Waals surface area contributed by atoms with Crippen molar-refractivity contribution < 1.29 is 12.9 Å². The van der Waals surface area contributed by atoms with Gasteiger partial charge < -0.3 is 9.09 Å². The van der Waals surface area contributed by atoms with E-state index in [4.69, 9.17) is 4.52 Å². The average molecular weight is 326 g/mol. The SMILES string of the molecule is Cc1noc(C)c1S(=O)(=O)NC[C@H](c1cccn1C)N(C)C. The summed E-state index contributed by atoms with van der Waals surface area (Å²) in [6.45, 7) is 3.47. The quantitative estimate of drug-likeness (QED) is 0.863. The standard InChI is InChI=1S/C14H22N4O3S/c1-10-14(11(2)21-16-10)22(19,20)15-9-13(17(3)4)12-7-6-8-18(12)5/h6-8,13,15H,9H2,1-5H3/t13-/m1/s1. The Bertz CT molecular complexity index is 726. The van der Waals surface area contributed by atoms with Crippen LogP contribution in [0.1, 0.15) is 23.2 Å². The molecule has 0 aliphatic carbocycles. The Morgan fingerprint density at radius 1 is 1.41 bits per heavy atom. The number of hydrogen-bond donors (Lipinski definition) is 1. The van der Waals surface area contributed by atoms with Crippen LogP contribution in [0.3, 0.4) is 0 Å². The molecule has 1 N–H and O–H groups in total. The van der Waals surface area contributed by atoms with E-state index in [9.17, 15) is 8.42 Å². The van der Waals surface area contributed by atoms with E-state index >= 15 is 0 Å². The van der Waals surface area contributed by atoms with Crippen LogP contribution >= 0.6 is 0 Å². The van der Waals surface area contributed by atoms with Crippen LogP contribution in [0, 0.1) is 13.8 Å². The topological polar surface area (TPSA) is 80.4 Å². The second-order valence-corrected chi connectivity index (χ2v) is 7.23. The number of sulfonamides is 1. The van der Waals surface area contributed by atoms with Gasteiger partial charge in [0.25, 0.3) is 0 Å².